The Bertz CT molecular complexity index is 369. The van der Waals surface area contributed by atoms with Crippen LogP contribution in [0.15, 0.2) is 30.3 Å². The zero-order chi connectivity index (χ0) is 14.2. The van der Waals surface area contributed by atoms with Crippen molar-refractivity contribution in [1.29, 1.82) is 0 Å². The number of ether oxygens (including phenoxy) is 1. The van der Waals surface area contributed by atoms with Crippen LogP contribution in [0, 0.1) is 5.92 Å². The molecular weight excluding hydrogens is 247 g/mol. The van der Waals surface area contributed by atoms with E-state index in [2.05, 4.69) is 14.2 Å². The highest BCUT2D eigenvalue weighted by molar-refractivity contribution is 6.39. The Hall–Kier alpha value is -0.955. The van der Waals surface area contributed by atoms with Crippen LogP contribution in [-0.4, -0.2) is 25.1 Å². The van der Waals surface area contributed by atoms with E-state index in [-0.39, 0.29) is 12.0 Å². The summed E-state index contributed by atoms with van der Waals surface area (Å²) in [6, 6.07) is 9.90. The molecule has 0 saturated carbocycles. The molecular formula is C17H26BO2. The number of hydrogen-bond donors (Lipinski definition) is 1. The van der Waals surface area contributed by atoms with Crippen molar-refractivity contribution in [3.05, 3.63) is 30.3 Å². The quantitative estimate of drug-likeness (QED) is 0.574. The van der Waals surface area contributed by atoms with Crippen LogP contribution in [0.1, 0.15) is 39.0 Å². The van der Waals surface area contributed by atoms with Gasteiger partial charge in [-0.2, -0.15) is 0 Å². The van der Waals surface area contributed by atoms with Crippen molar-refractivity contribution in [2.75, 3.05) is 6.61 Å². The number of hydrogen-bond acceptors (Lipinski definition) is 2. The van der Waals surface area contributed by atoms with Crippen molar-refractivity contribution < 1.29 is 9.84 Å². The number of para-hydroxylation sites is 1. The molecule has 1 fully saturated rings. The molecule has 1 aromatic carbocycles. The summed E-state index contributed by atoms with van der Waals surface area (Å²) in [7, 11) is 2.30. The summed E-state index contributed by atoms with van der Waals surface area (Å²) in [5.41, 5.74) is 0. The SMILES string of the molecule is CCCCCC[C@H]1[B]C[C@@H](O)[C@@H]1COc1ccccc1. The molecule has 3 heteroatoms. The summed E-state index contributed by atoms with van der Waals surface area (Å²) >= 11 is 0. The minimum Gasteiger partial charge on any atom is -0.493 e. The lowest BCUT2D eigenvalue weighted by Crippen LogP contribution is -2.23. The molecule has 2 nitrogen and oxygen atoms in total. The van der Waals surface area contributed by atoms with E-state index in [4.69, 9.17) is 4.74 Å². The summed E-state index contributed by atoms with van der Waals surface area (Å²) in [5.74, 6) is 1.68. The fourth-order valence-corrected chi connectivity index (χ4v) is 3.03. The third-order valence-electron chi connectivity index (χ3n) is 4.30. The van der Waals surface area contributed by atoms with Gasteiger partial charge in [0.25, 0.3) is 0 Å². The van der Waals surface area contributed by atoms with Gasteiger partial charge in [-0.25, -0.2) is 0 Å². The van der Waals surface area contributed by atoms with Gasteiger partial charge in [0.2, 0.25) is 0 Å². The van der Waals surface area contributed by atoms with Crippen molar-refractivity contribution in [3.8, 4) is 5.75 Å². The smallest absolute Gasteiger partial charge is 0.119 e. The van der Waals surface area contributed by atoms with Crippen molar-refractivity contribution in [2.24, 2.45) is 5.92 Å². The first-order chi connectivity index (χ1) is 9.81. The Kier molecular flexibility index (Phi) is 6.45. The van der Waals surface area contributed by atoms with Crippen molar-refractivity contribution in [2.45, 2.75) is 57.3 Å². The third-order valence-corrected chi connectivity index (χ3v) is 4.30. The lowest BCUT2D eigenvalue weighted by molar-refractivity contribution is 0.0951. The van der Waals surface area contributed by atoms with Gasteiger partial charge in [-0.1, -0.05) is 69.4 Å². The second-order valence-corrected chi connectivity index (χ2v) is 5.84. The molecule has 0 spiro atoms. The van der Waals surface area contributed by atoms with E-state index in [1.807, 2.05) is 30.3 Å². The average Bonchev–Trinajstić information content (AvgIpc) is 2.83. The molecule has 1 N–H and O–H groups in total. The number of benzene rings is 1. The summed E-state index contributed by atoms with van der Waals surface area (Å²) in [4.78, 5) is 0. The van der Waals surface area contributed by atoms with E-state index >= 15 is 0 Å². The van der Waals surface area contributed by atoms with Crippen LogP contribution < -0.4 is 4.74 Å². The molecule has 1 aromatic rings. The first kappa shape index (κ1) is 15.4. The van der Waals surface area contributed by atoms with Crippen LogP contribution in [0.4, 0.5) is 0 Å². The Morgan fingerprint density at radius 2 is 2.00 bits per heavy atom. The minimum atomic E-state index is -0.227. The number of rotatable bonds is 8. The maximum absolute atomic E-state index is 10.1. The summed E-state index contributed by atoms with van der Waals surface area (Å²) in [6.45, 7) is 2.86. The predicted molar refractivity (Wildman–Crippen MR) is 84.5 cm³/mol. The van der Waals surface area contributed by atoms with Crippen LogP contribution in [0.3, 0.4) is 0 Å². The molecule has 1 radical (unpaired) electrons. The second-order valence-electron chi connectivity index (χ2n) is 5.84. The molecule has 1 aliphatic rings. The molecule has 0 unspecified atom stereocenters. The number of unbranched alkanes of at least 4 members (excludes halogenated alkanes) is 3. The van der Waals surface area contributed by atoms with Crippen LogP contribution >= 0.6 is 0 Å². The van der Waals surface area contributed by atoms with Crippen molar-refractivity contribution >= 4 is 7.28 Å². The van der Waals surface area contributed by atoms with Gasteiger partial charge < -0.3 is 9.84 Å². The van der Waals surface area contributed by atoms with Crippen LogP contribution in [-0.2, 0) is 0 Å². The van der Waals surface area contributed by atoms with Gasteiger partial charge in [0.05, 0.1) is 12.7 Å². The Morgan fingerprint density at radius 1 is 1.20 bits per heavy atom. The van der Waals surface area contributed by atoms with E-state index in [9.17, 15) is 5.11 Å². The van der Waals surface area contributed by atoms with E-state index < -0.39 is 0 Å². The third kappa shape index (κ3) is 4.55. The highest BCUT2D eigenvalue weighted by Gasteiger charge is 2.35. The van der Waals surface area contributed by atoms with Gasteiger partial charge in [0.15, 0.2) is 0 Å². The standard InChI is InChI=1S/C17H26BO2/c1-2-3-4-8-11-16-15(17(19)12-18-16)13-20-14-9-6-5-7-10-14/h5-7,9-10,15-17,19H,2-4,8,11-13H2,1H3/t15-,16-,17-/m1/s1. The first-order valence-electron chi connectivity index (χ1n) is 8.00. The highest BCUT2D eigenvalue weighted by Crippen LogP contribution is 2.36. The van der Waals surface area contributed by atoms with Gasteiger partial charge in [0, 0.05) is 5.92 Å². The molecule has 2 rings (SSSR count). The zero-order valence-corrected chi connectivity index (χ0v) is 12.5. The van der Waals surface area contributed by atoms with E-state index in [0.717, 1.165) is 12.1 Å². The maximum Gasteiger partial charge on any atom is 0.119 e. The molecule has 0 bridgehead atoms. The van der Waals surface area contributed by atoms with Gasteiger partial charge in [-0.05, 0) is 12.1 Å². The van der Waals surface area contributed by atoms with Crippen LogP contribution in [0.5, 0.6) is 5.75 Å². The molecule has 109 valence electrons. The lowest BCUT2D eigenvalue weighted by atomic mass is 9.63. The highest BCUT2D eigenvalue weighted by atomic mass is 16.5. The van der Waals surface area contributed by atoms with Crippen molar-refractivity contribution in [1.82, 2.24) is 0 Å². The van der Waals surface area contributed by atoms with Gasteiger partial charge in [-0.3, -0.25) is 0 Å². The van der Waals surface area contributed by atoms with Crippen LogP contribution in [0.2, 0.25) is 12.1 Å². The summed E-state index contributed by atoms with van der Waals surface area (Å²) in [5, 5.41) is 10.1. The van der Waals surface area contributed by atoms with Crippen LogP contribution in [0.25, 0.3) is 0 Å². The van der Waals surface area contributed by atoms with E-state index in [1.165, 1.54) is 32.1 Å². The normalized spacial score (nSPS) is 25.4. The first-order valence-corrected chi connectivity index (χ1v) is 8.00. The molecule has 0 aliphatic carbocycles. The van der Waals surface area contributed by atoms with E-state index in [1.54, 1.807) is 0 Å². The maximum atomic E-state index is 10.1. The predicted octanol–water partition coefficient (Wildman–Crippen LogP) is 3.94. The molecule has 3 atom stereocenters. The lowest BCUT2D eigenvalue weighted by Gasteiger charge is -2.23. The monoisotopic (exact) mass is 273 g/mol. The average molecular weight is 273 g/mol. The molecule has 1 heterocycles. The van der Waals surface area contributed by atoms with Gasteiger partial charge >= 0.3 is 0 Å². The molecule has 20 heavy (non-hydrogen) atoms. The largest absolute Gasteiger partial charge is 0.493 e. The summed E-state index contributed by atoms with van der Waals surface area (Å²) < 4.78 is 5.84. The Labute approximate surface area is 123 Å². The molecule has 1 aliphatic heterocycles. The second kappa shape index (κ2) is 8.36. The fraction of sp³-hybridized carbons (Fsp3) is 0.647. The fourth-order valence-electron chi connectivity index (χ4n) is 3.03. The zero-order valence-electron chi connectivity index (χ0n) is 12.5. The molecule has 0 aromatic heterocycles. The Balaban J connectivity index is 1.77. The number of aliphatic hydroxyl groups excluding tert-OH is 1. The topological polar surface area (TPSA) is 29.5 Å². The minimum absolute atomic E-state index is 0.227. The summed E-state index contributed by atoms with van der Waals surface area (Å²) in [6.07, 6.45) is 6.96. The number of aliphatic hydroxyl groups is 1. The van der Waals surface area contributed by atoms with E-state index in [0.29, 0.717) is 12.4 Å². The van der Waals surface area contributed by atoms with Gasteiger partial charge in [0.1, 0.15) is 13.0 Å². The van der Waals surface area contributed by atoms with Crippen molar-refractivity contribution in [3.63, 3.8) is 0 Å². The molecule has 0 amide bonds. The molecule has 1 saturated heterocycles. The Morgan fingerprint density at radius 3 is 2.75 bits per heavy atom. The van der Waals surface area contributed by atoms with Gasteiger partial charge in [-0.15, -0.1) is 0 Å².